The molecule has 1 aromatic heterocycles. The van der Waals surface area contributed by atoms with Crippen molar-refractivity contribution in [3.8, 4) is 0 Å². The lowest BCUT2D eigenvalue weighted by molar-refractivity contribution is 0.0939. The summed E-state index contributed by atoms with van der Waals surface area (Å²) in [5.41, 5.74) is 2.98. The molecule has 0 radical (unpaired) electrons. The Kier molecular flexibility index (Phi) is 4.81. The van der Waals surface area contributed by atoms with Gasteiger partial charge in [0.05, 0.1) is 11.6 Å². The Morgan fingerprint density at radius 1 is 1.18 bits per heavy atom. The molecule has 22 heavy (non-hydrogen) atoms. The molecule has 4 heteroatoms. The van der Waals surface area contributed by atoms with Gasteiger partial charge in [-0.1, -0.05) is 57.3 Å². The van der Waals surface area contributed by atoms with Gasteiger partial charge in [-0.05, 0) is 35.6 Å². The first-order valence-electron chi connectivity index (χ1n) is 7.38. The van der Waals surface area contributed by atoms with E-state index in [1.807, 2.05) is 6.92 Å². The standard InChI is InChI=1S/C18H22N2OS/c1-12(13-7-9-14(10-8-13)18(2,3)4)20-16(21)15-6-5-11-19-17(15)22/h5-12H,1-4H3,(H,19,22)(H,20,21). The number of H-pyrrole nitrogens is 1. The highest BCUT2D eigenvalue weighted by Gasteiger charge is 2.15. The minimum absolute atomic E-state index is 0.0730. The maximum Gasteiger partial charge on any atom is 0.254 e. The molecule has 0 bridgehead atoms. The second-order valence-corrected chi connectivity index (χ2v) is 6.89. The molecule has 0 aliphatic rings. The lowest BCUT2D eigenvalue weighted by atomic mass is 9.86. The number of nitrogens with one attached hydrogen (secondary N) is 2. The first kappa shape index (κ1) is 16.4. The third-order valence-corrected chi connectivity index (χ3v) is 4.02. The van der Waals surface area contributed by atoms with E-state index in [1.165, 1.54) is 5.56 Å². The Hall–Kier alpha value is -1.94. The summed E-state index contributed by atoms with van der Waals surface area (Å²) in [6.45, 7) is 8.53. The topological polar surface area (TPSA) is 44.9 Å². The molecule has 2 N–H and O–H groups in total. The van der Waals surface area contributed by atoms with Gasteiger partial charge in [-0.25, -0.2) is 0 Å². The first-order valence-corrected chi connectivity index (χ1v) is 7.79. The summed E-state index contributed by atoms with van der Waals surface area (Å²) in [5.74, 6) is -0.158. The molecular weight excluding hydrogens is 292 g/mol. The molecule has 1 aromatic carbocycles. The molecule has 1 atom stereocenters. The first-order chi connectivity index (χ1) is 10.3. The summed E-state index contributed by atoms with van der Waals surface area (Å²) in [6.07, 6.45) is 1.72. The van der Waals surface area contributed by atoms with Crippen molar-refractivity contribution < 1.29 is 4.79 Å². The molecule has 0 saturated heterocycles. The van der Waals surface area contributed by atoms with E-state index in [0.717, 1.165) is 5.56 Å². The third-order valence-electron chi connectivity index (χ3n) is 3.69. The monoisotopic (exact) mass is 314 g/mol. The predicted octanol–water partition coefficient (Wildman–Crippen LogP) is 4.53. The van der Waals surface area contributed by atoms with E-state index in [2.05, 4.69) is 55.3 Å². The van der Waals surface area contributed by atoms with Crippen LogP contribution in [0.2, 0.25) is 0 Å². The summed E-state index contributed by atoms with van der Waals surface area (Å²) in [6, 6.07) is 11.8. The van der Waals surface area contributed by atoms with Crippen molar-refractivity contribution in [1.82, 2.24) is 10.3 Å². The van der Waals surface area contributed by atoms with Crippen molar-refractivity contribution in [2.24, 2.45) is 0 Å². The second-order valence-electron chi connectivity index (χ2n) is 6.48. The number of pyridine rings is 1. The van der Waals surface area contributed by atoms with E-state index in [9.17, 15) is 4.79 Å². The van der Waals surface area contributed by atoms with E-state index < -0.39 is 0 Å². The van der Waals surface area contributed by atoms with E-state index in [1.54, 1.807) is 18.3 Å². The second kappa shape index (κ2) is 6.44. The number of benzene rings is 1. The average molecular weight is 314 g/mol. The number of carbonyl (C=O) groups excluding carboxylic acids is 1. The average Bonchev–Trinajstić information content (AvgIpc) is 2.46. The molecule has 2 aromatic rings. The Bertz CT molecular complexity index is 711. The Labute approximate surface area is 136 Å². The van der Waals surface area contributed by atoms with Crippen LogP contribution in [0, 0.1) is 4.64 Å². The van der Waals surface area contributed by atoms with Crippen LogP contribution in [-0.4, -0.2) is 10.9 Å². The number of rotatable bonds is 3. The third kappa shape index (κ3) is 3.83. The normalized spacial score (nSPS) is 12.7. The quantitative estimate of drug-likeness (QED) is 0.817. The van der Waals surface area contributed by atoms with Crippen LogP contribution in [0.5, 0.6) is 0 Å². The fourth-order valence-electron chi connectivity index (χ4n) is 2.23. The number of amides is 1. The van der Waals surface area contributed by atoms with Crippen LogP contribution in [-0.2, 0) is 5.41 Å². The highest BCUT2D eigenvalue weighted by Crippen LogP contribution is 2.24. The lowest BCUT2D eigenvalue weighted by Crippen LogP contribution is -2.27. The van der Waals surface area contributed by atoms with Crippen LogP contribution >= 0.6 is 12.2 Å². The molecule has 1 heterocycles. The summed E-state index contributed by atoms with van der Waals surface area (Å²) in [7, 11) is 0. The van der Waals surface area contributed by atoms with E-state index in [0.29, 0.717) is 10.2 Å². The summed E-state index contributed by atoms with van der Waals surface area (Å²) in [5, 5.41) is 2.99. The fraction of sp³-hybridized carbons (Fsp3) is 0.333. The van der Waals surface area contributed by atoms with Gasteiger partial charge < -0.3 is 10.3 Å². The summed E-state index contributed by atoms with van der Waals surface area (Å²) >= 11 is 5.14. The van der Waals surface area contributed by atoms with Crippen molar-refractivity contribution in [2.75, 3.05) is 0 Å². The number of carbonyl (C=O) groups is 1. The van der Waals surface area contributed by atoms with Crippen molar-refractivity contribution in [2.45, 2.75) is 39.2 Å². The number of aromatic amines is 1. The predicted molar refractivity (Wildman–Crippen MR) is 92.6 cm³/mol. The molecule has 116 valence electrons. The van der Waals surface area contributed by atoms with Crippen molar-refractivity contribution >= 4 is 18.1 Å². The van der Waals surface area contributed by atoms with Crippen LogP contribution < -0.4 is 5.32 Å². The molecular formula is C18H22N2OS. The van der Waals surface area contributed by atoms with Crippen LogP contribution in [0.3, 0.4) is 0 Å². The molecule has 0 spiro atoms. The maximum absolute atomic E-state index is 12.3. The molecule has 0 fully saturated rings. The van der Waals surface area contributed by atoms with Gasteiger partial charge in [-0.15, -0.1) is 0 Å². The zero-order chi connectivity index (χ0) is 16.3. The van der Waals surface area contributed by atoms with Gasteiger partial charge in [0.1, 0.15) is 4.64 Å². The minimum Gasteiger partial charge on any atom is -0.352 e. The van der Waals surface area contributed by atoms with Gasteiger partial charge in [0.2, 0.25) is 0 Å². The summed E-state index contributed by atoms with van der Waals surface area (Å²) in [4.78, 5) is 15.1. The van der Waals surface area contributed by atoms with Crippen LogP contribution in [0.15, 0.2) is 42.6 Å². The minimum atomic E-state index is -0.158. The van der Waals surface area contributed by atoms with E-state index in [4.69, 9.17) is 12.2 Å². The maximum atomic E-state index is 12.3. The van der Waals surface area contributed by atoms with Gasteiger partial charge in [0.25, 0.3) is 5.91 Å². The van der Waals surface area contributed by atoms with E-state index >= 15 is 0 Å². The van der Waals surface area contributed by atoms with Crippen molar-refractivity contribution in [3.63, 3.8) is 0 Å². The zero-order valence-corrected chi connectivity index (χ0v) is 14.3. The molecule has 1 unspecified atom stereocenters. The smallest absolute Gasteiger partial charge is 0.254 e. The molecule has 2 rings (SSSR count). The van der Waals surface area contributed by atoms with E-state index in [-0.39, 0.29) is 17.4 Å². The van der Waals surface area contributed by atoms with Crippen LogP contribution in [0.1, 0.15) is 55.2 Å². The molecule has 0 saturated carbocycles. The van der Waals surface area contributed by atoms with Gasteiger partial charge in [-0.3, -0.25) is 4.79 Å². The van der Waals surface area contributed by atoms with Crippen LogP contribution in [0.25, 0.3) is 0 Å². The SMILES string of the molecule is CC(NC(=O)c1ccc[nH]c1=S)c1ccc(C(C)(C)C)cc1. The molecule has 1 amide bonds. The van der Waals surface area contributed by atoms with Gasteiger partial charge in [-0.2, -0.15) is 0 Å². The van der Waals surface area contributed by atoms with Crippen molar-refractivity contribution in [3.05, 3.63) is 63.9 Å². The highest BCUT2D eigenvalue weighted by molar-refractivity contribution is 7.71. The van der Waals surface area contributed by atoms with Gasteiger partial charge in [0.15, 0.2) is 0 Å². The Morgan fingerprint density at radius 3 is 2.36 bits per heavy atom. The lowest BCUT2D eigenvalue weighted by Gasteiger charge is -2.20. The number of aromatic nitrogens is 1. The molecule has 3 nitrogen and oxygen atoms in total. The molecule has 0 aliphatic heterocycles. The van der Waals surface area contributed by atoms with Crippen molar-refractivity contribution in [1.29, 1.82) is 0 Å². The largest absolute Gasteiger partial charge is 0.352 e. The van der Waals surface area contributed by atoms with Gasteiger partial charge >= 0.3 is 0 Å². The Balaban J connectivity index is 2.12. The number of hydrogen-bond acceptors (Lipinski definition) is 2. The fourth-order valence-corrected chi connectivity index (χ4v) is 2.46. The summed E-state index contributed by atoms with van der Waals surface area (Å²) < 4.78 is 0.454. The zero-order valence-electron chi connectivity index (χ0n) is 13.4. The molecule has 0 aliphatic carbocycles. The van der Waals surface area contributed by atoms with Crippen LogP contribution in [0.4, 0.5) is 0 Å². The highest BCUT2D eigenvalue weighted by atomic mass is 32.1. The van der Waals surface area contributed by atoms with Gasteiger partial charge in [0, 0.05) is 6.20 Å². The Morgan fingerprint density at radius 2 is 1.82 bits per heavy atom. The number of hydrogen-bond donors (Lipinski definition) is 2.